The van der Waals surface area contributed by atoms with Crippen molar-refractivity contribution in [2.75, 3.05) is 0 Å². The SMILES string of the molecule is CC(C)CC1CCCCC1OC(=O)C(C)Cl. The molecule has 1 rings (SSSR count). The fraction of sp³-hybridized carbons (Fsp3) is 0.923. The van der Waals surface area contributed by atoms with Crippen molar-refractivity contribution in [3.05, 3.63) is 0 Å². The first-order chi connectivity index (χ1) is 7.50. The first-order valence-corrected chi connectivity index (χ1v) is 6.79. The molecule has 0 aromatic carbocycles. The molecule has 0 aromatic heterocycles. The molecule has 0 aromatic rings. The van der Waals surface area contributed by atoms with Crippen LogP contribution >= 0.6 is 11.6 Å². The van der Waals surface area contributed by atoms with E-state index in [0.29, 0.717) is 11.8 Å². The molecular formula is C13H23ClO2. The van der Waals surface area contributed by atoms with Crippen LogP contribution in [0.4, 0.5) is 0 Å². The molecule has 3 unspecified atom stereocenters. The second-order valence-electron chi connectivity index (χ2n) is 5.27. The van der Waals surface area contributed by atoms with Gasteiger partial charge in [-0.2, -0.15) is 0 Å². The first kappa shape index (κ1) is 13.8. The Bertz CT molecular complexity index is 226. The van der Waals surface area contributed by atoms with Gasteiger partial charge in [-0.3, -0.25) is 4.79 Å². The van der Waals surface area contributed by atoms with Crippen LogP contribution in [-0.2, 0) is 9.53 Å². The van der Waals surface area contributed by atoms with Gasteiger partial charge in [0.05, 0.1) is 0 Å². The van der Waals surface area contributed by atoms with E-state index in [9.17, 15) is 4.79 Å². The predicted octanol–water partition coefficient (Wildman–Crippen LogP) is 3.76. The maximum atomic E-state index is 11.5. The number of halogens is 1. The van der Waals surface area contributed by atoms with Gasteiger partial charge in [-0.1, -0.05) is 20.3 Å². The quantitative estimate of drug-likeness (QED) is 0.558. The largest absolute Gasteiger partial charge is 0.461 e. The zero-order chi connectivity index (χ0) is 12.1. The van der Waals surface area contributed by atoms with Gasteiger partial charge in [0.15, 0.2) is 0 Å². The Morgan fingerprint density at radius 2 is 1.94 bits per heavy atom. The molecule has 0 aliphatic heterocycles. The van der Waals surface area contributed by atoms with Crippen LogP contribution in [-0.4, -0.2) is 17.5 Å². The molecule has 0 spiro atoms. The molecule has 16 heavy (non-hydrogen) atoms. The second-order valence-corrected chi connectivity index (χ2v) is 5.92. The molecule has 94 valence electrons. The Hall–Kier alpha value is -0.240. The fourth-order valence-corrected chi connectivity index (χ4v) is 2.50. The van der Waals surface area contributed by atoms with Gasteiger partial charge in [0.25, 0.3) is 0 Å². The summed E-state index contributed by atoms with van der Waals surface area (Å²) in [4.78, 5) is 11.5. The molecule has 0 amide bonds. The van der Waals surface area contributed by atoms with E-state index < -0.39 is 5.38 Å². The fourth-order valence-electron chi connectivity index (χ4n) is 2.45. The molecule has 3 heteroatoms. The first-order valence-electron chi connectivity index (χ1n) is 6.35. The van der Waals surface area contributed by atoms with Crippen molar-refractivity contribution in [1.29, 1.82) is 0 Å². The molecule has 0 N–H and O–H groups in total. The average molecular weight is 247 g/mol. The van der Waals surface area contributed by atoms with Crippen LogP contribution in [0.2, 0.25) is 0 Å². The molecule has 0 bridgehead atoms. The van der Waals surface area contributed by atoms with Gasteiger partial charge in [-0.05, 0) is 44.4 Å². The average Bonchev–Trinajstić information content (AvgIpc) is 2.20. The van der Waals surface area contributed by atoms with Crippen LogP contribution in [0.3, 0.4) is 0 Å². The summed E-state index contributed by atoms with van der Waals surface area (Å²) in [7, 11) is 0. The molecule has 2 nitrogen and oxygen atoms in total. The third-order valence-electron chi connectivity index (χ3n) is 3.21. The molecule has 1 aliphatic carbocycles. The summed E-state index contributed by atoms with van der Waals surface area (Å²) in [5.41, 5.74) is 0. The van der Waals surface area contributed by atoms with Crippen LogP contribution < -0.4 is 0 Å². The maximum Gasteiger partial charge on any atom is 0.324 e. The molecule has 1 aliphatic rings. The molecular weight excluding hydrogens is 224 g/mol. The second kappa shape index (κ2) is 6.48. The van der Waals surface area contributed by atoms with Gasteiger partial charge < -0.3 is 4.74 Å². The van der Waals surface area contributed by atoms with Crippen molar-refractivity contribution in [2.45, 2.75) is 64.4 Å². The lowest BCUT2D eigenvalue weighted by Crippen LogP contribution is -2.33. The van der Waals surface area contributed by atoms with E-state index in [1.807, 2.05) is 0 Å². The van der Waals surface area contributed by atoms with E-state index >= 15 is 0 Å². The summed E-state index contributed by atoms with van der Waals surface area (Å²) in [6.07, 6.45) is 5.88. The van der Waals surface area contributed by atoms with E-state index in [2.05, 4.69) is 13.8 Å². The molecule has 1 fully saturated rings. The Balaban J connectivity index is 2.49. The number of ether oxygens (including phenoxy) is 1. The number of rotatable bonds is 4. The lowest BCUT2D eigenvalue weighted by Gasteiger charge is -2.32. The van der Waals surface area contributed by atoms with E-state index in [-0.39, 0.29) is 12.1 Å². The summed E-state index contributed by atoms with van der Waals surface area (Å²) in [5.74, 6) is 0.938. The lowest BCUT2D eigenvalue weighted by molar-refractivity contribution is -0.153. The van der Waals surface area contributed by atoms with Crippen molar-refractivity contribution in [3.8, 4) is 0 Å². The maximum absolute atomic E-state index is 11.5. The minimum atomic E-state index is -0.526. The smallest absolute Gasteiger partial charge is 0.324 e. The zero-order valence-corrected chi connectivity index (χ0v) is 11.3. The van der Waals surface area contributed by atoms with Crippen LogP contribution in [0.25, 0.3) is 0 Å². The number of alkyl halides is 1. The molecule has 0 heterocycles. The van der Waals surface area contributed by atoms with Gasteiger partial charge in [0.2, 0.25) is 0 Å². The topological polar surface area (TPSA) is 26.3 Å². The molecule has 3 atom stereocenters. The van der Waals surface area contributed by atoms with Gasteiger partial charge in [-0.15, -0.1) is 11.6 Å². The van der Waals surface area contributed by atoms with Crippen molar-refractivity contribution in [3.63, 3.8) is 0 Å². The van der Waals surface area contributed by atoms with Crippen LogP contribution in [0.1, 0.15) is 52.9 Å². The minimum Gasteiger partial charge on any atom is -0.461 e. The van der Waals surface area contributed by atoms with Gasteiger partial charge >= 0.3 is 5.97 Å². The standard InChI is InChI=1S/C13H23ClO2/c1-9(2)8-11-6-4-5-7-12(11)16-13(15)10(3)14/h9-12H,4-8H2,1-3H3. The van der Waals surface area contributed by atoms with Crippen LogP contribution in [0, 0.1) is 11.8 Å². The highest BCUT2D eigenvalue weighted by Gasteiger charge is 2.29. The van der Waals surface area contributed by atoms with Crippen molar-refractivity contribution >= 4 is 17.6 Å². The lowest BCUT2D eigenvalue weighted by atomic mass is 9.81. The number of esters is 1. The minimum absolute atomic E-state index is 0.102. The van der Waals surface area contributed by atoms with Crippen LogP contribution in [0.15, 0.2) is 0 Å². The number of hydrogen-bond donors (Lipinski definition) is 0. The molecule has 0 saturated heterocycles. The van der Waals surface area contributed by atoms with Crippen molar-refractivity contribution < 1.29 is 9.53 Å². The van der Waals surface area contributed by atoms with E-state index in [0.717, 1.165) is 12.8 Å². The molecule has 1 saturated carbocycles. The van der Waals surface area contributed by atoms with Crippen molar-refractivity contribution in [2.24, 2.45) is 11.8 Å². The summed E-state index contributed by atoms with van der Waals surface area (Å²) in [6.45, 7) is 6.11. The Morgan fingerprint density at radius 3 is 2.50 bits per heavy atom. The van der Waals surface area contributed by atoms with Gasteiger partial charge in [0, 0.05) is 0 Å². The monoisotopic (exact) mass is 246 g/mol. The third kappa shape index (κ3) is 4.32. The summed E-state index contributed by atoms with van der Waals surface area (Å²) < 4.78 is 5.50. The van der Waals surface area contributed by atoms with E-state index in [1.54, 1.807) is 6.92 Å². The van der Waals surface area contributed by atoms with Gasteiger partial charge in [0.1, 0.15) is 11.5 Å². The number of carbonyl (C=O) groups is 1. The number of hydrogen-bond acceptors (Lipinski definition) is 2. The highest BCUT2D eigenvalue weighted by atomic mass is 35.5. The Labute approximate surface area is 104 Å². The van der Waals surface area contributed by atoms with E-state index in [4.69, 9.17) is 16.3 Å². The highest BCUT2D eigenvalue weighted by molar-refractivity contribution is 6.29. The highest BCUT2D eigenvalue weighted by Crippen LogP contribution is 2.32. The number of carbonyl (C=O) groups excluding carboxylic acids is 1. The van der Waals surface area contributed by atoms with Crippen molar-refractivity contribution in [1.82, 2.24) is 0 Å². The Morgan fingerprint density at radius 1 is 1.31 bits per heavy atom. The molecule has 0 radical (unpaired) electrons. The normalized spacial score (nSPS) is 27.8. The summed E-state index contributed by atoms with van der Waals surface area (Å²) in [6, 6.07) is 0. The van der Waals surface area contributed by atoms with Gasteiger partial charge in [-0.25, -0.2) is 0 Å². The third-order valence-corrected chi connectivity index (χ3v) is 3.38. The Kier molecular flexibility index (Phi) is 5.60. The van der Waals surface area contributed by atoms with E-state index in [1.165, 1.54) is 19.3 Å². The summed E-state index contributed by atoms with van der Waals surface area (Å²) >= 11 is 5.73. The predicted molar refractivity (Wildman–Crippen MR) is 66.6 cm³/mol. The zero-order valence-electron chi connectivity index (χ0n) is 10.5. The summed E-state index contributed by atoms with van der Waals surface area (Å²) in [5, 5.41) is -0.526. The van der Waals surface area contributed by atoms with Crippen LogP contribution in [0.5, 0.6) is 0 Å².